The molecule has 1 fully saturated rings. The van der Waals surface area contributed by atoms with Crippen molar-refractivity contribution in [2.24, 2.45) is 5.92 Å². The lowest BCUT2D eigenvalue weighted by molar-refractivity contribution is -0.123. The van der Waals surface area contributed by atoms with Gasteiger partial charge in [0.05, 0.1) is 6.10 Å². The van der Waals surface area contributed by atoms with Crippen molar-refractivity contribution in [2.45, 2.75) is 57.5 Å². The number of amides is 1. The molecule has 142 valence electrons. The fourth-order valence-corrected chi connectivity index (χ4v) is 3.44. The van der Waals surface area contributed by atoms with E-state index in [1.165, 1.54) is 11.1 Å². The van der Waals surface area contributed by atoms with Crippen LogP contribution >= 0.6 is 0 Å². The van der Waals surface area contributed by atoms with Crippen molar-refractivity contribution in [2.75, 3.05) is 14.1 Å². The maximum atomic E-state index is 11.8. The van der Waals surface area contributed by atoms with E-state index in [-0.39, 0.29) is 12.0 Å². The first kappa shape index (κ1) is 20.4. The molecule has 1 saturated carbocycles. The van der Waals surface area contributed by atoms with E-state index in [0.717, 1.165) is 51.4 Å². The van der Waals surface area contributed by atoms with Crippen LogP contribution in [-0.4, -0.2) is 36.1 Å². The summed E-state index contributed by atoms with van der Waals surface area (Å²) >= 11 is 0. The number of nitrogens with zero attached hydrogens (tertiary/aromatic N) is 1. The standard InChI is InChI=1S/C23H33NO2/c1-24(2)23(26)18-21-13-8-12-20(17-21)15-16-22(25)14-7-6-11-19-9-4-3-5-10-19/h3-5,9-10,15-16,18,20,22,25H,6-8,11-14,17H2,1-2H3/b16-15+,21-18-/t20-,22+/m0/s1. The lowest BCUT2D eigenvalue weighted by Gasteiger charge is -2.22. The number of hydrogen-bond acceptors (Lipinski definition) is 2. The summed E-state index contributed by atoms with van der Waals surface area (Å²) in [5, 5.41) is 10.2. The number of rotatable bonds is 8. The molecule has 1 aromatic carbocycles. The number of carbonyl (C=O) groups is 1. The predicted octanol–water partition coefficient (Wildman–Crippen LogP) is 4.52. The van der Waals surface area contributed by atoms with E-state index in [1.54, 1.807) is 25.1 Å². The van der Waals surface area contributed by atoms with E-state index in [2.05, 4.69) is 30.3 Å². The smallest absolute Gasteiger partial charge is 0.245 e. The largest absolute Gasteiger partial charge is 0.389 e. The number of aliphatic hydroxyl groups excluding tert-OH is 1. The van der Waals surface area contributed by atoms with Crippen LogP contribution in [0.3, 0.4) is 0 Å². The highest BCUT2D eigenvalue weighted by molar-refractivity contribution is 5.87. The SMILES string of the molecule is CN(C)C(=O)/C=C1/CCC[C@@H](/C=C/[C@H](O)CCCCc2ccccc2)C1. The fraction of sp³-hybridized carbons (Fsp3) is 0.522. The number of aliphatic hydroxyl groups is 1. The monoisotopic (exact) mass is 355 g/mol. The Balaban J connectivity index is 1.69. The Morgan fingerprint density at radius 1 is 1.27 bits per heavy atom. The van der Waals surface area contributed by atoms with Crippen LogP contribution in [-0.2, 0) is 11.2 Å². The average molecular weight is 356 g/mol. The normalized spacial score (nSPS) is 20.4. The van der Waals surface area contributed by atoms with Gasteiger partial charge in [-0.1, -0.05) is 54.5 Å². The molecule has 26 heavy (non-hydrogen) atoms. The summed E-state index contributed by atoms with van der Waals surface area (Å²) in [4.78, 5) is 13.4. The van der Waals surface area contributed by atoms with Crippen LogP contribution in [0.15, 0.2) is 54.1 Å². The van der Waals surface area contributed by atoms with Crippen molar-refractivity contribution in [1.29, 1.82) is 0 Å². The Labute approximate surface area is 158 Å². The summed E-state index contributed by atoms with van der Waals surface area (Å²) in [6, 6.07) is 10.5. The van der Waals surface area contributed by atoms with E-state index < -0.39 is 0 Å². The highest BCUT2D eigenvalue weighted by Gasteiger charge is 2.16. The van der Waals surface area contributed by atoms with Gasteiger partial charge < -0.3 is 10.0 Å². The highest BCUT2D eigenvalue weighted by Crippen LogP contribution is 2.29. The summed E-state index contributed by atoms with van der Waals surface area (Å²) in [6.45, 7) is 0. The molecule has 1 aliphatic rings. The summed E-state index contributed by atoms with van der Waals surface area (Å²) in [5.41, 5.74) is 2.60. The van der Waals surface area contributed by atoms with Crippen molar-refractivity contribution in [3.8, 4) is 0 Å². The van der Waals surface area contributed by atoms with Gasteiger partial charge in [-0.25, -0.2) is 0 Å². The average Bonchev–Trinajstić information content (AvgIpc) is 2.64. The van der Waals surface area contributed by atoms with E-state index in [9.17, 15) is 9.90 Å². The lowest BCUT2D eigenvalue weighted by Crippen LogP contribution is -2.20. The van der Waals surface area contributed by atoms with Crippen molar-refractivity contribution < 1.29 is 9.90 Å². The summed E-state index contributed by atoms with van der Waals surface area (Å²) in [5.74, 6) is 0.520. The minimum atomic E-state index is -0.358. The number of allylic oxidation sites excluding steroid dienone is 2. The van der Waals surface area contributed by atoms with Crippen molar-refractivity contribution in [3.05, 3.63) is 59.7 Å². The topological polar surface area (TPSA) is 40.5 Å². The van der Waals surface area contributed by atoms with E-state index >= 15 is 0 Å². The second-order valence-corrected chi connectivity index (χ2v) is 7.58. The minimum Gasteiger partial charge on any atom is -0.389 e. The molecule has 0 aromatic heterocycles. The summed E-state index contributed by atoms with van der Waals surface area (Å²) in [7, 11) is 3.57. The van der Waals surface area contributed by atoms with Crippen LogP contribution in [0.2, 0.25) is 0 Å². The molecule has 3 nitrogen and oxygen atoms in total. The molecule has 1 aliphatic carbocycles. The van der Waals surface area contributed by atoms with Crippen LogP contribution < -0.4 is 0 Å². The van der Waals surface area contributed by atoms with E-state index in [0.29, 0.717) is 5.92 Å². The first-order chi connectivity index (χ1) is 12.5. The van der Waals surface area contributed by atoms with Crippen molar-refractivity contribution >= 4 is 5.91 Å². The molecule has 0 unspecified atom stereocenters. The molecule has 1 aromatic rings. The highest BCUT2D eigenvalue weighted by atomic mass is 16.3. The molecule has 2 atom stereocenters. The van der Waals surface area contributed by atoms with Gasteiger partial charge in [-0.15, -0.1) is 0 Å². The molecule has 0 bridgehead atoms. The molecule has 0 aliphatic heterocycles. The number of carbonyl (C=O) groups excluding carboxylic acids is 1. The maximum absolute atomic E-state index is 11.8. The summed E-state index contributed by atoms with van der Waals surface area (Å²) in [6.07, 6.45) is 13.8. The van der Waals surface area contributed by atoms with Gasteiger partial charge in [0.1, 0.15) is 0 Å². The zero-order valence-corrected chi connectivity index (χ0v) is 16.2. The van der Waals surface area contributed by atoms with Crippen LogP contribution in [0.5, 0.6) is 0 Å². The first-order valence-corrected chi connectivity index (χ1v) is 9.85. The van der Waals surface area contributed by atoms with Crippen LogP contribution in [0.25, 0.3) is 0 Å². The molecule has 2 rings (SSSR count). The van der Waals surface area contributed by atoms with Gasteiger partial charge in [0, 0.05) is 20.2 Å². The van der Waals surface area contributed by atoms with Crippen LogP contribution in [0, 0.1) is 5.92 Å². The van der Waals surface area contributed by atoms with Gasteiger partial charge in [0.2, 0.25) is 5.91 Å². The summed E-state index contributed by atoms with van der Waals surface area (Å²) < 4.78 is 0. The van der Waals surface area contributed by atoms with Gasteiger partial charge >= 0.3 is 0 Å². The first-order valence-electron chi connectivity index (χ1n) is 9.85. The number of benzene rings is 1. The number of unbranched alkanes of at least 4 members (excludes halogenated alkanes) is 1. The van der Waals surface area contributed by atoms with Gasteiger partial charge in [-0.3, -0.25) is 4.79 Å². The molecule has 0 radical (unpaired) electrons. The molecule has 1 N–H and O–H groups in total. The number of aryl methyl sites for hydroxylation is 1. The van der Waals surface area contributed by atoms with E-state index in [1.807, 2.05) is 12.1 Å². The van der Waals surface area contributed by atoms with Crippen molar-refractivity contribution in [1.82, 2.24) is 4.90 Å². The predicted molar refractivity (Wildman–Crippen MR) is 108 cm³/mol. The van der Waals surface area contributed by atoms with Crippen molar-refractivity contribution in [3.63, 3.8) is 0 Å². The molecule has 0 saturated heterocycles. The fourth-order valence-electron chi connectivity index (χ4n) is 3.44. The molecule has 0 spiro atoms. The van der Waals surface area contributed by atoms with Gasteiger partial charge in [-0.2, -0.15) is 0 Å². The van der Waals surface area contributed by atoms with E-state index in [4.69, 9.17) is 0 Å². The Hall–Kier alpha value is -1.87. The Morgan fingerprint density at radius 2 is 2.04 bits per heavy atom. The second-order valence-electron chi connectivity index (χ2n) is 7.58. The third-order valence-electron chi connectivity index (χ3n) is 5.03. The molecule has 0 heterocycles. The molecule has 3 heteroatoms. The minimum absolute atomic E-state index is 0.0723. The maximum Gasteiger partial charge on any atom is 0.245 e. The third-order valence-corrected chi connectivity index (χ3v) is 5.03. The quantitative estimate of drug-likeness (QED) is 0.423. The molecular formula is C23H33NO2. The second kappa shape index (κ2) is 11.0. The number of likely N-dealkylation sites (N-methyl/N-ethyl adjacent to an activating group) is 1. The zero-order chi connectivity index (χ0) is 18.8. The molecule has 1 amide bonds. The number of hydrogen-bond donors (Lipinski definition) is 1. The van der Waals surface area contributed by atoms with Crippen LogP contribution in [0.1, 0.15) is 50.5 Å². The van der Waals surface area contributed by atoms with Crippen LogP contribution in [0.4, 0.5) is 0 Å². The Bertz CT molecular complexity index is 604. The third kappa shape index (κ3) is 7.57. The molecular weight excluding hydrogens is 322 g/mol. The zero-order valence-electron chi connectivity index (χ0n) is 16.2. The van der Waals surface area contributed by atoms with Gasteiger partial charge in [-0.05, 0) is 56.4 Å². The Morgan fingerprint density at radius 3 is 2.77 bits per heavy atom. The lowest BCUT2D eigenvalue weighted by atomic mass is 9.84. The Kier molecular flexibility index (Phi) is 8.63. The van der Waals surface area contributed by atoms with Gasteiger partial charge in [0.15, 0.2) is 0 Å². The van der Waals surface area contributed by atoms with Gasteiger partial charge in [0.25, 0.3) is 0 Å².